The maximum atomic E-state index is 5.78. The molecule has 1 aromatic heterocycles. The summed E-state index contributed by atoms with van der Waals surface area (Å²) in [6, 6.07) is 10.5. The Balaban J connectivity index is 1.96. The quantitative estimate of drug-likeness (QED) is 0.785. The van der Waals surface area contributed by atoms with Gasteiger partial charge < -0.3 is 4.74 Å². The van der Waals surface area contributed by atoms with E-state index in [4.69, 9.17) is 4.74 Å². The van der Waals surface area contributed by atoms with Crippen LogP contribution in [0.4, 0.5) is 0 Å². The summed E-state index contributed by atoms with van der Waals surface area (Å²) in [5.74, 6) is 1.52. The predicted molar refractivity (Wildman–Crippen MR) is 78.5 cm³/mol. The molecule has 2 heteroatoms. The number of pyridine rings is 1. The fourth-order valence-corrected chi connectivity index (χ4v) is 1.99. The predicted octanol–water partition coefficient (Wildman–Crippen LogP) is 4.48. The van der Waals surface area contributed by atoms with Crippen LogP contribution < -0.4 is 4.74 Å². The lowest BCUT2D eigenvalue weighted by atomic mass is 9.99. The smallest absolute Gasteiger partial charge is 0.119 e. The molecule has 1 atom stereocenters. The van der Waals surface area contributed by atoms with Crippen molar-refractivity contribution in [3.05, 3.63) is 59.4 Å². The number of aryl methyl sites for hydroxylation is 1. The topological polar surface area (TPSA) is 22.1 Å². The number of rotatable bonds is 5. The third-order valence-electron chi connectivity index (χ3n) is 3.40. The average molecular weight is 255 g/mol. The lowest BCUT2D eigenvalue weighted by Crippen LogP contribution is -1.97. The van der Waals surface area contributed by atoms with Crippen LogP contribution in [0.5, 0.6) is 5.75 Å². The fourth-order valence-electron chi connectivity index (χ4n) is 1.99. The zero-order chi connectivity index (χ0) is 13.7. The minimum Gasteiger partial charge on any atom is -0.489 e. The second-order valence-corrected chi connectivity index (χ2v) is 5.04. The van der Waals surface area contributed by atoms with Gasteiger partial charge in [0.05, 0.1) is 0 Å². The summed E-state index contributed by atoms with van der Waals surface area (Å²) < 4.78 is 5.78. The molecule has 0 saturated heterocycles. The van der Waals surface area contributed by atoms with E-state index in [9.17, 15) is 0 Å². The molecular weight excluding hydrogens is 234 g/mol. The summed E-state index contributed by atoms with van der Waals surface area (Å²) in [7, 11) is 0. The van der Waals surface area contributed by atoms with Gasteiger partial charge in [0.25, 0.3) is 0 Å². The van der Waals surface area contributed by atoms with Crippen LogP contribution in [0, 0.1) is 6.92 Å². The first-order valence-corrected chi connectivity index (χ1v) is 6.82. The molecule has 0 bridgehead atoms. The maximum absolute atomic E-state index is 5.78. The van der Waals surface area contributed by atoms with Crippen molar-refractivity contribution in [2.75, 3.05) is 0 Å². The highest BCUT2D eigenvalue weighted by molar-refractivity contribution is 5.29. The van der Waals surface area contributed by atoms with E-state index in [0.29, 0.717) is 12.5 Å². The number of ether oxygens (including phenoxy) is 1. The molecule has 100 valence electrons. The summed E-state index contributed by atoms with van der Waals surface area (Å²) >= 11 is 0. The molecule has 2 rings (SSSR count). The van der Waals surface area contributed by atoms with Gasteiger partial charge in [-0.3, -0.25) is 4.98 Å². The van der Waals surface area contributed by atoms with Gasteiger partial charge in [-0.05, 0) is 48.6 Å². The van der Waals surface area contributed by atoms with Gasteiger partial charge in [-0.25, -0.2) is 0 Å². The third kappa shape index (κ3) is 3.82. The molecule has 1 aromatic carbocycles. The average Bonchev–Trinajstić information content (AvgIpc) is 2.45. The summed E-state index contributed by atoms with van der Waals surface area (Å²) in [6.07, 6.45) is 4.86. The van der Waals surface area contributed by atoms with Crippen LogP contribution in [0.3, 0.4) is 0 Å². The molecule has 2 aromatic rings. The van der Waals surface area contributed by atoms with E-state index in [1.54, 1.807) is 0 Å². The molecule has 0 fully saturated rings. The maximum Gasteiger partial charge on any atom is 0.119 e. The molecule has 1 heterocycles. The van der Waals surface area contributed by atoms with Crippen molar-refractivity contribution in [3.8, 4) is 5.75 Å². The fraction of sp³-hybridized carbons (Fsp3) is 0.353. The first-order valence-electron chi connectivity index (χ1n) is 6.82. The van der Waals surface area contributed by atoms with E-state index in [2.05, 4.69) is 37.0 Å². The van der Waals surface area contributed by atoms with Crippen LogP contribution in [-0.2, 0) is 6.61 Å². The molecule has 19 heavy (non-hydrogen) atoms. The molecule has 0 N–H and O–H groups in total. The van der Waals surface area contributed by atoms with Crippen LogP contribution in [0.1, 0.15) is 42.9 Å². The van der Waals surface area contributed by atoms with E-state index in [1.807, 2.05) is 31.5 Å². The van der Waals surface area contributed by atoms with Crippen LogP contribution in [-0.4, -0.2) is 4.98 Å². The molecule has 1 unspecified atom stereocenters. The molecule has 0 spiro atoms. The molecular formula is C17H21NO. The number of nitrogens with zero attached hydrogens (tertiary/aromatic N) is 1. The standard InChI is InChI=1S/C17H21NO/c1-4-14(3)16-5-7-17(8-6-16)19-12-15-9-13(2)10-18-11-15/h5-11,14H,4,12H2,1-3H3. The second kappa shape index (κ2) is 6.37. The van der Waals surface area contributed by atoms with Gasteiger partial charge in [0, 0.05) is 18.0 Å². The Morgan fingerprint density at radius 2 is 1.89 bits per heavy atom. The molecule has 0 radical (unpaired) electrons. The second-order valence-electron chi connectivity index (χ2n) is 5.04. The lowest BCUT2D eigenvalue weighted by Gasteiger charge is -2.11. The summed E-state index contributed by atoms with van der Waals surface area (Å²) in [5.41, 5.74) is 3.63. The van der Waals surface area contributed by atoms with E-state index < -0.39 is 0 Å². The zero-order valence-electron chi connectivity index (χ0n) is 11.9. The summed E-state index contributed by atoms with van der Waals surface area (Å²) in [4.78, 5) is 4.16. The Labute approximate surface area is 115 Å². The van der Waals surface area contributed by atoms with E-state index in [0.717, 1.165) is 23.3 Å². The highest BCUT2D eigenvalue weighted by Gasteiger charge is 2.03. The normalized spacial score (nSPS) is 12.2. The third-order valence-corrected chi connectivity index (χ3v) is 3.40. The Bertz CT molecular complexity index is 519. The van der Waals surface area contributed by atoms with E-state index in [1.165, 1.54) is 5.56 Å². The first-order chi connectivity index (χ1) is 9.19. The highest BCUT2D eigenvalue weighted by Crippen LogP contribution is 2.22. The number of benzene rings is 1. The Kier molecular flexibility index (Phi) is 4.56. The van der Waals surface area contributed by atoms with Gasteiger partial charge in [-0.1, -0.05) is 26.0 Å². The molecule has 0 aliphatic carbocycles. The van der Waals surface area contributed by atoms with Gasteiger partial charge in [0.1, 0.15) is 12.4 Å². The van der Waals surface area contributed by atoms with E-state index in [-0.39, 0.29) is 0 Å². The minimum absolute atomic E-state index is 0.567. The van der Waals surface area contributed by atoms with Crippen molar-refractivity contribution >= 4 is 0 Å². The van der Waals surface area contributed by atoms with Crippen molar-refractivity contribution in [2.24, 2.45) is 0 Å². The molecule has 0 saturated carbocycles. The van der Waals surface area contributed by atoms with Crippen LogP contribution in [0.2, 0.25) is 0 Å². The van der Waals surface area contributed by atoms with Crippen molar-refractivity contribution in [1.29, 1.82) is 0 Å². The van der Waals surface area contributed by atoms with Crippen molar-refractivity contribution < 1.29 is 4.74 Å². The Morgan fingerprint density at radius 1 is 1.16 bits per heavy atom. The van der Waals surface area contributed by atoms with Crippen LogP contribution in [0.25, 0.3) is 0 Å². The Morgan fingerprint density at radius 3 is 2.53 bits per heavy atom. The molecule has 0 amide bonds. The number of hydrogen-bond acceptors (Lipinski definition) is 2. The SMILES string of the molecule is CCC(C)c1ccc(OCc2cncc(C)c2)cc1. The van der Waals surface area contributed by atoms with Gasteiger partial charge in [0.15, 0.2) is 0 Å². The van der Waals surface area contributed by atoms with Crippen molar-refractivity contribution in [3.63, 3.8) is 0 Å². The van der Waals surface area contributed by atoms with Gasteiger partial charge >= 0.3 is 0 Å². The Hall–Kier alpha value is -1.83. The molecule has 0 aliphatic heterocycles. The monoisotopic (exact) mass is 255 g/mol. The van der Waals surface area contributed by atoms with Gasteiger partial charge in [-0.15, -0.1) is 0 Å². The minimum atomic E-state index is 0.567. The highest BCUT2D eigenvalue weighted by atomic mass is 16.5. The number of aromatic nitrogens is 1. The first kappa shape index (κ1) is 13.6. The van der Waals surface area contributed by atoms with Crippen LogP contribution >= 0.6 is 0 Å². The van der Waals surface area contributed by atoms with Crippen molar-refractivity contribution in [1.82, 2.24) is 4.98 Å². The zero-order valence-corrected chi connectivity index (χ0v) is 11.9. The number of hydrogen-bond donors (Lipinski definition) is 0. The lowest BCUT2D eigenvalue weighted by molar-refractivity contribution is 0.305. The van der Waals surface area contributed by atoms with Crippen molar-refractivity contribution in [2.45, 2.75) is 39.7 Å². The van der Waals surface area contributed by atoms with E-state index >= 15 is 0 Å². The van der Waals surface area contributed by atoms with Gasteiger partial charge in [-0.2, -0.15) is 0 Å². The van der Waals surface area contributed by atoms with Crippen LogP contribution in [0.15, 0.2) is 42.7 Å². The molecule has 0 aliphatic rings. The largest absolute Gasteiger partial charge is 0.489 e. The molecule has 2 nitrogen and oxygen atoms in total. The van der Waals surface area contributed by atoms with Gasteiger partial charge in [0.2, 0.25) is 0 Å². The summed E-state index contributed by atoms with van der Waals surface area (Å²) in [5, 5.41) is 0. The summed E-state index contributed by atoms with van der Waals surface area (Å²) in [6.45, 7) is 7.06.